The molecule has 1 unspecified atom stereocenters. The van der Waals surface area contributed by atoms with Crippen molar-refractivity contribution in [1.82, 2.24) is 9.88 Å². The second-order valence-corrected chi connectivity index (χ2v) is 17.9. The molecule has 9 rings (SSSR count). The van der Waals surface area contributed by atoms with E-state index in [1.807, 2.05) is 24.3 Å². The van der Waals surface area contributed by atoms with Gasteiger partial charge in [0.1, 0.15) is 18.2 Å². The van der Waals surface area contributed by atoms with E-state index in [1.54, 1.807) is 18.2 Å². The van der Waals surface area contributed by atoms with Gasteiger partial charge in [-0.05, 0) is 139 Å². The summed E-state index contributed by atoms with van der Waals surface area (Å²) in [6.45, 7) is 1.72. The highest BCUT2D eigenvalue weighted by Gasteiger charge is 2.47. The summed E-state index contributed by atoms with van der Waals surface area (Å²) in [5.74, 6) is 1.79. The number of aromatic nitrogens is 1. The van der Waals surface area contributed by atoms with E-state index >= 15 is 0 Å². The number of benzene rings is 4. The number of aliphatic hydroxyl groups is 2. The molecule has 1 aliphatic carbocycles. The van der Waals surface area contributed by atoms with Crippen LogP contribution in [0.3, 0.4) is 0 Å². The Morgan fingerprint density at radius 2 is 1.71 bits per heavy atom. The van der Waals surface area contributed by atoms with E-state index in [-0.39, 0.29) is 42.4 Å². The zero-order valence-electron chi connectivity index (χ0n) is 35.6. The predicted octanol–water partition coefficient (Wildman–Crippen LogP) is 8.28. The van der Waals surface area contributed by atoms with Crippen LogP contribution in [0.5, 0.6) is 17.2 Å². The molecule has 4 bridgehead atoms. The molecule has 10 heteroatoms. The summed E-state index contributed by atoms with van der Waals surface area (Å²) >= 11 is 0. The van der Waals surface area contributed by atoms with Gasteiger partial charge in [-0.1, -0.05) is 67.8 Å². The molecule has 4 heterocycles. The first-order chi connectivity index (χ1) is 30.3. The van der Waals surface area contributed by atoms with Crippen LogP contribution in [-0.2, 0) is 47.4 Å². The third-order valence-corrected chi connectivity index (χ3v) is 13.9. The van der Waals surface area contributed by atoms with Gasteiger partial charge in [0.05, 0.1) is 38.2 Å². The van der Waals surface area contributed by atoms with Crippen molar-refractivity contribution in [2.24, 2.45) is 11.7 Å². The third-order valence-electron chi connectivity index (χ3n) is 13.9. The number of hydrogen-bond donors (Lipinski definition) is 6. The summed E-state index contributed by atoms with van der Waals surface area (Å²) in [4.78, 5) is 0. The van der Waals surface area contributed by atoms with Gasteiger partial charge in [0, 0.05) is 40.8 Å². The van der Waals surface area contributed by atoms with Gasteiger partial charge in [0.25, 0.3) is 0 Å². The van der Waals surface area contributed by atoms with E-state index in [0.29, 0.717) is 56.3 Å². The molecular weight excluding hydrogens is 779 g/mol. The van der Waals surface area contributed by atoms with Gasteiger partial charge < -0.3 is 50.3 Å². The highest BCUT2D eigenvalue weighted by Crippen LogP contribution is 2.52. The van der Waals surface area contributed by atoms with Gasteiger partial charge in [-0.25, -0.2) is 0 Å². The number of unbranched alkanes of at least 4 members (excludes halogenated alkanes) is 3. The maximum atomic E-state index is 11.5. The van der Waals surface area contributed by atoms with Crippen molar-refractivity contribution in [2.75, 3.05) is 19.8 Å². The number of nitrogens with two attached hydrogens (primary N) is 1. The molecule has 1 aromatic heterocycles. The molecule has 0 spiro atoms. The Hall–Kier alpha value is -5.10. The molecular formula is C52H61N3O7. The number of fused-ring (bicyclic) bond motifs is 7. The van der Waals surface area contributed by atoms with Crippen LogP contribution in [0.1, 0.15) is 96.7 Å². The Labute approximate surface area is 364 Å². The number of phenolic OH excluding ortho intramolecular Hbond substituents is 2. The lowest BCUT2D eigenvalue weighted by Crippen LogP contribution is -2.47. The van der Waals surface area contributed by atoms with Gasteiger partial charge >= 0.3 is 0 Å². The van der Waals surface area contributed by atoms with Crippen LogP contribution in [0, 0.1) is 5.92 Å². The summed E-state index contributed by atoms with van der Waals surface area (Å²) in [5, 5.41) is 48.3. The fourth-order valence-corrected chi connectivity index (χ4v) is 10.6. The molecule has 3 aliphatic heterocycles. The number of ether oxygens (including phenoxy) is 3. The monoisotopic (exact) mass is 839 g/mol. The molecule has 5 atom stereocenters. The quantitative estimate of drug-likeness (QED) is 0.0806. The van der Waals surface area contributed by atoms with E-state index in [4.69, 9.17) is 19.9 Å². The Morgan fingerprint density at radius 3 is 2.58 bits per heavy atom. The molecule has 1 fully saturated rings. The lowest BCUT2D eigenvalue weighted by molar-refractivity contribution is 0.00498. The van der Waals surface area contributed by atoms with Crippen molar-refractivity contribution in [3.05, 3.63) is 142 Å². The zero-order chi connectivity index (χ0) is 42.6. The van der Waals surface area contributed by atoms with Crippen LogP contribution in [0.4, 0.5) is 0 Å². The van der Waals surface area contributed by atoms with Crippen LogP contribution in [0.25, 0.3) is 16.6 Å². The van der Waals surface area contributed by atoms with Crippen molar-refractivity contribution in [3.63, 3.8) is 0 Å². The fourth-order valence-electron chi connectivity index (χ4n) is 10.6. The van der Waals surface area contributed by atoms with Crippen LogP contribution >= 0.6 is 0 Å². The molecule has 62 heavy (non-hydrogen) atoms. The molecule has 1 saturated heterocycles. The van der Waals surface area contributed by atoms with Crippen molar-refractivity contribution in [3.8, 4) is 17.2 Å². The van der Waals surface area contributed by atoms with Crippen LogP contribution in [0.2, 0.25) is 0 Å². The van der Waals surface area contributed by atoms with Gasteiger partial charge in [-0.15, -0.1) is 0 Å². The third kappa shape index (κ3) is 8.90. The van der Waals surface area contributed by atoms with E-state index in [9.17, 15) is 20.4 Å². The van der Waals surface area contributed by atoms with Crippen LogP contribution in [-0.4, -0.2) is 63.2 Å². The Balaban J connectivity index is 1.07. The molecule has 7 N–H and O–H groups in total. The lowest BCUT2D eigenvalue weighted by atomic mass is 9.57. The summed E-state index contributed by atoms with van der Waals surface area (Å²) in [5.41, 5.74) is 15.0. The number of nitrogens with one attached hydrogen (secondary N) is 1. The minimum atomic E-state index is -0.638. The second kappa shape index (κ2) is 18.7. The van der Waals surface area contributed by atoms with Crippen LogP contribution < -0.4 is 15.8 Å². The smallest absolute Gasteiger partial charge is 0.161 e. The average molecular weight is 840 g/mol. The Bertz CT molecular complexity index is 2420. The summed E-state index contributed by atoms with van der Waals surface area (Å²) in [6.07, 6.45) is 17.5. The standard InChI is InChI=1S/C52H61N3O7/c53-50-20-15-37-31-61-45(9-4-2-1-3-7-34-11-17-43(57)18-12-34)27-44(58)19-14-36-26-49(48(59)25-39(36)30-56)62-32-40-24-42(23-38-28-55(29-46(38)40)51(37)54-50)52-21-22-60-33-41(52)16-13-35-8-5-6-10-47(35)52/h5-6,8,10-12,15,17-18,20,23-26,28-29,41,44-45,50,54,56-59H,1-4,7,9,13-14,16,19,21-22,27,30-33,53H2/t41-,44-,45+,50?,52-/m1/s1. The van der Waals surface area contributed by atoms with Crippen molar-refractivity contribution >= 4 is 16.6 Å². The minimum absolute atomic E-state index is 0.0273. The van der Waals surface area contributed by atoms with E-state index in [2.05, 4.69) is 64.8 Å². The maximum Gasteiger partial charge on any atom is 0.161 e. The van der Waals surface area contributed by atoms with E-state index in [0.717, 1.165) is 91.1 Å². The maximum absolute atomic E-state index is 11.5. The highest BCUT2D eigenvalue weighted by molar-refractivity contribution is 5.88. The molecule has 326 valence electrons. The molecule has 10 nitrogen and oxygen atoms in total. The molecule has 0 amide bonds. The van der Waals surface area contributed by atoms with Crippen LogP contribution in [0.15, 0.2) is 103 Å². The minimum Gasteiger partial charge on any atom is -0.508 e. The highest BCUT2D eigenvalue weighted by atomic mass is 16.5. The Morgan fingerprint density at radius 1 is 0.871 bits per heavy atom. The van der Waals surface area contributed by atoms with Gasteiger partial charge in [0.2, 0.25) is 0 Å². The normalized spacial score (nSPS) is 24.0. The second-order valence-electron chi connectivity index (χ2n) is 17.9. The number of rotatable bonds is 9. The number of nitrogens with zero attached hydrogens (tertiary/aromatic N) is 1. The van der Waals surface area contributed by atoms with E-state index < -0.39 is 6.10 Å². The molecule has 0 saturated carbocycles. The average Bonchev–Trinajstić information content (AvgIpc) is 3.73. The molecule has 4 aromatic carbocycles. The summed E-state index contributed by atoms with van der Waals surface area (Å²) in [7, 11) is 0. The van der Waals surface area contributed by atoms with Gasteiger partial charge in [0.15, 0.2) is 11.5 Å². The molecule has 5 aromatic rings. The van der Waals surface area contributed by atoms with Crippen molar-refractivity contribution in [2.45, 2.75) is 114 Å². The number of aryl methyl sites for hydroxylation is 3. The number of phenols is 2. The van der Waals surface area contributed by atoms with Gasteiger partial charge in [-0.2, -0.15) is 0 Å². The first-order valence-electron chi connectivity index (χ1n) is 22.7. The lowest BCUT2D eigenvalue weighted by Gasteiger charge is -2.49. The number of aromatic hydroxyl groups is 2. The summed E-state index contributed by atoms with van der Waals surface area (Å²) < 4.78 is 21.6. The predicted molar refractivity (Wildman–Crippen MR) is 242 cm³/mol. The largest absolute Gasteiger partial charge is 0.508 e. The van der Waals surface area contributed by atoms with E-state index in [1.165, 1.54) is 22.3 Å². The first kappa shape index (κ1) is 42.2. The van der Waals surface area contributed by atoms with Crippen molar-refractivity contribution < 1.29 is 34.6 Å². The number of dihydropyridines is 1. The molecule has 0 radical (unpaired) electrons. The zero-order valence-corrected chi connectivity index (χ0v) is 35.6. The van der Waals surface area contributed by atoms with Crippen molar-refractivity contribution in [1.29, 1.82) is 0 Å². The topological polar surface area (TPSA) is 152 Å². The summed E-state index contributed by atoms with van der Waals surface area (Å²) in [6, 6.07) is 24.5. The van der Waals surface area contributed by atoms with Gasteiger partial charge in [-0.3, -0.25) is 0 Å². The fraction of sp³-hybridized carbons (Fsp3) is 0.423. The number of hydrogen-bond acceptors (Lipinski definition) is 9. The first-order valence-corrected chi connectivity index (χ1v) is 22.7. The Kier molecular flexibility index (Phi) is 12.7. The number of aliphatic hydroxyl groups excluding tert-OH is 2. The SMILES string of the molecule is NC1C=CC2=C(N1)n1cc3cc([C@@]45CCOC[C@H]4CCc4ccccc45)cc(c3c1)COc1cc(c(CO)cc1O)CC[C@@H](O)C[C@H](CCCCCCc1ccc(O)cc1)OC2. The molecule has 4 aliphatic rings.